The fourth-order valence-electron chi connectivity index (χ4n) is 0.212. The Bertz CT molecular complexity index is 87.4. The third kappa shape index (κ3) is 2.57. The van der Waals surface area contributed by atoms with Gasteiger partial charge >= 0.3 is 6.09 Å². The van der Waals surface area contributed by atoms with Gasteiger partial charge in [-0.3, -0.25) is 0 Å². The predicted molar refractivity (Wildman–Crippen MR) is 29.9 cm³/mol. The summed E-state index contributed by atoms with van der Waals surface area (Å²) in [7, 11) is 0.0591. The van der Waals surface area contributed by atoms with Gasteiger partial charge in [0.15, 0.2) is 10.4 Å². The Morgan fingerprint density at radius 2 is 2.50 bits per heavy atom. The van der Waals surface area contributed by atoms with E-state index in [0.717, 1.165) is 0 Å². The molecule has 0 atom stereocenters. The summed E-state index contributed by atoms with van der Waals surface area (Å²) in [6.45, 7) is 1.85. The highest BCUT2D eigenvalue weighted by atomic mass is 28.2. The van der Waals surface area contributed by atoms with E-state index in [1.54, 1.807) is 6.92 Å². The molecule has 0 N–H and O–H groups in total. The Labute approximate surface area is 49.9 Å². The highest BCUT2D eigenvalue weighted by Crippen LogP contribution is 1.86. The average molecular weight is 137 g/mol. The van der Waals surface area contributed by atoms with E-state index in [1.165, 1.54) is 0 Å². The summed E-state index contributed by atoms with van der Waals surface area (Å²) in [4.78, 5) is 10.1. The third-order valence-electron chi connectivity index (χ3n) is 0.519. The van der Waals surface area contributed by atoms with E-state index < -0.39 is 6.09 Å². The second kappa shape index (κ2) is 3.42. The molecular formula is C3H8FNO2Si. The van der Waals surface area contributed by atoms with Crippen LogP contribution in [0.5, 0.6) is 0 Å². The zero-order valence-corrected chi connectivity index (χ0v) is 6.85. The fourth-order valence-corrected chi connectivity index (χ4v) is 0.342. The van der Waals surface area contributed by atoms with Crippen molar-refractivity contribution in [1.82, 2.24) is 4.79 Å². The van der Waals surface area contributed by atoms with E-state index in [1.807, 2.05) is 0 Å². The van der Waals surface area contributed by atoms with E-state index in [-0.39, 0.29) is 21.8 Å². The van der Waals surface area contributed by atoms with E-state index >= 15 is 0 Å². The molecule has 0 heterocycles. The fraction of sp³-hybridized carbons (Fsp3) is 0.667. The third-order valence-corrected chi connectivity index (χ3v) is 0.885. The molecule has 0 radical (unpaired) electrons. The summed E-state index contributed by atoms with van der Waals surface area (Å²) in [6, 6.07) is 0. The van der Waals surface area contributed by atoms with Gasteiger partial charge in [0.05, 0.1) is 6.61 Å². The number of halogens is 1. The lowest BCUT2D eigenvalue weighted by atomic mass is 10.9. The standard InChI is InChI=1S/C3H8FNO2Si/c1-2-7-3(6)5(4)8/h2H2,1,8H3. The molecule has 0 rings (SSSR count). The van der Waals surface area contributed by atoms with Crippen LogP contribution in [0.25, 0.3) is 0 Å². The number of ether oxygens (including phenoxy) is 1. The van der Waals surface area contributed by atoms with Crippen LogP contribution in [0.3, 0.4) is 0 Å². The van der Waals surface area contributed by atoms with Crippen LogP contribution in [0.15, 0.2) is 0 Å². The molecule has 0 fully saturated rings. The number of rotatable bonds is 1. The summed E-state index contributed by atoms with van der Waals surface area (Å²) in [5, 5.41) is 0. The van der Waals surface area contributed by atoms with E-state index in [4.69, 9.17) is 0 Å². The smallest absolute Gasteiger partial charge is 0.428 e. The molecule has 0 aliphatic rings. The highest BCUT2D eigenvalue weighted by Gasteiger charge is 2.03. The first kappa shape index (κ1) is 7.42. The van der Waals surface area contributed by atoms with Crippen LogP contribution >= 0.6 is 0 Å². The number of nitrogens with zero attached hydrogens (tertiary/aromatic N) is 1. The largest absolute Gasteiger partial charge is 0.449 e. The summed E-state index contributed by atoms with van der Waals surface area (Å²) in [5.74, 6) is 0. The van der Waals surface area contributed by atoms with Gasteiger partial charge in [-0.25, -0.2) is 4.79 Å². The second-order valence-electron chi connectivity index (χ2n) is 1.18. The number of carbonyl (C=O) groups is 1. The van der Waals surface area contributed by atoms with E-state index in [2.05, 4.69) is 4.74 Å². The second-order valence-corrected chi connectivity index (χ2v) is 1.96. The minimum absolute atomic E-state index is 0.0312. The Morgan fingerprint density at radius 3 is 2.62 bits per heavy atom. The van der Waals surface area contributed by atoms with Gasteiger partial charge in [-0.05, 0) is 6.92 Å². The van der Waals surface area contributed by atoms with Crippen molar-refractivity contribution < 1.29 is 14.0 Å². The lowest BCUT2D eigenvalue weighted by Crippen LogP contribution is -2.19. The maximum Gasteiger partial charge on any atom is 0.428 e. The molecule has 3 nitrogen and oxygen atoms in total. The van der Waals surface area contributed by atoms with Crippen LogP contribution in [0.1, 0.15) is 6.92 Å². The first-order valence-corrected chi connectivity index (χ1v) is 3.14. The van der Waals surface area contributed by atoms with Crippen molar-refractivity contribution in [3.05, 3.63) is 0 Å². The number of hydrogen-bond donors (Lipinski definition) is 0. The molecule has 48 valence electrons. The molecule has 5 heteroatoms. The number of hydrogen-bond acceptors (Lipinski definition) is 2. The van der Waals surface area contributed by atoms with E-state index in [0.29, 0.717) is 0 Å². The maximum absolute atomic E-state index is 11.7. The molecule has 8 heavy (non-hydrogen) atoms. The molecule has 0 aliphatic carbocycles. The lowest BCUT2D eigenvalue weighted by Gasteiger charge is -2.03. The number of carbonyl (C=O) groups excluding carboxylic acids is 1. The highest BCUT2D eigenvalue weighted by molar-refractivity contribution is 6.11. The Kier molecular flexibility index (Phi) is 3.17. The topological polar surface area (TPSA) is 29.5 Å². The summed E-state index contributed by atoms with van der Waals surface area (Å²) in [5.41, 5.74) is 0. The summed E-state index contributed by atoms with van der Waals surface area (Å²) < 4.78 is 16.0. The van der Waals surface area contributed by atoms with Crippen LogP contribution in [-0.2, 0) is 4.74 Å². The first-order chi connectivity index (χ1) is 3.68. The van der Waals surface area contributed by atoms with E-state index in [9.17, 15) is 9.28 Å². The van der Waals surface area contributed by atoms with Crippen LogP contribution in [0.4, 0.5) is 9.28 Å². The first-order valence-electron chi connectivity index (χ1n) is 2.24. The van der Waals surface area contributed by atoms with Gasteiger partial charge in [-0.15, -0.1) is 4.48 Å². The van der Waals surface area contributed by atoms with Gasteiger partial charge in [0.1, 0.15) is 0 Å². The van der Waals surface area contributed by atoms with Crippen LogP contribution < -0.4 is 0 Å². The van der Waals surface area contributed by atoms with Gasteiger partial charge in [-0.2, -0.15) is 4.79 Å². The minimum Gasteiger partial charge on any atom is -0.449 e. The lowest BCUT2D eigenvalue weighted by molar-refractivity contribution is 0.0736. The van der Waals surface area contributed by atoms with Crippen LogP contribution in [-0.4, -0.2) is 27.9 Å². The van der Waals surface area contributed by atoms with Crippen LogP contribution in [0.2, 0.25) is 0 Å². The quantitative estimate of drug-likeness (QED) is 0.364. The molecule has 1 amide bonds. The van der Waals surface area contributed by atoms with Crippen molar-refractivity contribution >= 4 is 16.5 Å². The van der Waals surface area contributed by atoms with Crippen LogP contribution in [0, 0.1) is 0 Å². The molecular weight excluding hydrogens is 129 g/mol. The zero-order valence-electron chi connectivity index (χ0n) is 4.85. The monoisotopic (exact) mass is 137 g/mol. The Morgan fingerprint density at radius 1 is 2.00 bits per heavy atom. The molecule has 0 spiro atoms. The average Bonchev–Trinajstić information content (AvgIpc) is 1.67. The molecule has 0 aromatic carbocycles. The van der Waals surface area contributed by atoms with Crippen molar-refractivity contribution in [1.29, 1.82) is 0 Å². The minimum atomic E-state index is -0.890. The van der Waals surface area contributed by atoms with Gasteiger partial charge < -0.3 is 4.74 Å². The van der Waals surface area contributed by atoms with Gasteiger partial charge in [-0.1, -0.05) is 0 Å². The normalized spacial score (nSPS) is 8.75. The predicted octanol–water partition coefficient (Wildman–Crippen LogP) is -0.390. The van der Waals surface area contributed by atoms with Crippen molar-refractivity contribution in [2.24, 2.45) is 0 Å². The van der Waals surface area contributed by atoms with Gasteiger partial charge in [0.2, 0.25) is 0 Å². The van der Waals surface area contributed by atoms with Crippen molar-refractivity contribution in [2.75, 3.05) is 6.61 Å². The van der Waals surface area contributed by atoms with Crippen molar-refractivity contribution in [3.8, 4) is 0 Å². The van der Waals surface area contributed by atoms with Gasteiger partial charge in [0.25, 0.3) is 0 Å². The summed E-state index contributed by atoms with van der Waals surface area (Å²) >= 11 is 0. The molecule has 0 bridgehead atoms. The Hall–Kier alpha value is -0.583. The van der Waals surface area contributed by atoms with Gasteiger partial charge in [0, 0.05) is 0 Å². The molecule has 0 aliphatic heterocycles. The SMILES string of the molecule is CCOC(=O)N(F)[SiH3]. The Balaban J connectivity index is 3.33. The molecule has 0 saturated heterocycles. The maximum atomic E-state index is 11.7. The zero-order chi connectivity index (χ0) is 6.57. The van der Waals surface area contributed by atoms with Crippen molar-refractivity contribution in [2.45, 2.75) is 6.92 Å². The molecule has 0 unspecified atom stereocenters. The van der Waals surface area contributed by atoms with Crippen molar-refractivity contribution in [3.63, 3.8) is 0 Å². The molecule has 0 saturated carbocycles. The molecule has 0 aromatic heterocycles. The summed E-state index contributed by atoms with van der Waals surface area (Å²) in [6.07, 6.45) is -0.890. The number of amides is 1. The molecule has 0 aromatic rings.